The van der Waals surface area contributed by atoms with E-state index in [1.54, 1.807) is 0 Å². The first kappa shape index (κ1) is 8.84. The maximum absolute atomic E-state index is 5.85. The molecule has 1 nitrogen and oxygen atoms in total. The molecule has 0 fully saturated rings. The van der Waals surface area contributed by atoms with Gasteiger partial charge in [-0.05, 0) is 66.1 Å². The number of nitrogens with two attached hydrogens (primary N) is 1. The molecule has 0 amide bonds. The van der Waals surface area contributed by atoms with Crippen LogP contribution >= 0.6 is 22.6 Å². The van der Waals surface area contributed by atoms with Crippen molar-refractivity contribution in [3.05, 3.63) is 26.3 Å². The normalized spacial score (nSPS) is 10.2. The molecule has 0 saturated carbocycles. The molecule has 0 aliphatic rings. The molecule has 0 aliphatic carbocycles. The van der Waals surface area contributed by atoms with Gasteiger partial charge in [0.25, 0.3) is 0 Å². The van der Waals surface area contributed by atoms with E-state index in [4.69, 9.17) is 5.73 Å². The van der Waals surface area contributed by atoms with E-state index in [1.165, 1.54) is 20.3 Å². The predicted molar refractivity (Wildman–Crippen MR) is 57.8 cm³/mol. The van der Waals surface area contributed by atoms with Crippen molar-refractivity contribution in [1.29, 1.82) is 0 Å². The monoisotopic (exact) mass is 261 g/mol. The molecule has 2 N–H and O–H groups in total. The first-order valence-electron chi connectivity index (χ1n) is 3.56. The second-order valence-electron chi connectivity index (χ2n) is 2.84. The summed E-state index contributed by atoms with van der Waals surface area (Å²) in [5.74, 6) is 0. The van der Waals surface area contributed by atoms with Crippen molar-refractivity contribution < 1.29 is 0 Å². The molecule has 0 radical (unpaired) electrons. The average Bonchev–Trinajstić information content (AvgIpc) is 1.97. The maximum Gasteiger partial charge on any atom is 0.0376 e. The molecule has 1 rings (SSSR count). The highest BCUT2D eigenvalue weighted by molar-refractivity contribution is 14.1. The van der Waals surface area contributed by atoms with Crippen LogP contribution in [0.1, 0.15) is 16.7 Å². The van der Waals surface area contributed by atoms with Gasteiger partial charge in [0, 0.05) is 9.26 Å². The summed E-state index contributed by atoms with van der Waals surface area (Å²) in [6.45, 7) is 6.22. The van der Waals surface area contributed by atoms with Crippen molar-refractivity contribution in [2.75, 3.05) is 5.73 Å². The Balaban J connectivity index is 3.46. The fraction of sp³-hybridized carbons (Fsp3) is 0.333. The molecular formula is C9H12IN. The molecule has 2 heteroatoms. The fourth-order valence-electron chi connectivity index (χ4n) is 1.05. The maximum atomic E-state index is 5.85. The highest BCUT2D eigenvalue weighted by Gasteiger charge is 2.04. The van der Waals surface area contributed by atoms with E-state index in [1.807, 2.05) is 6.92 Å². The molecule has 0 saturated heterocycles. The van der Waals surface area contributed by atoms with E-state index < -0.39 is 0 Å². The van der Waals surface area contributed by atoms with Crippen molar-refractivity contribution >= 4 is 28.3 Å². The molecule has 0 heterocycles. The Labute approximate surface area is 81.1 Å². The minimum absolute atomic E-state index is 0.933. The second kappa shape index (κ2) is 3.01. The van der Waals surface area contributed by atoms with Gasteiger partial charge in [0.15, 0.2) is 0 Å². The van der Waals surface area contributed by atoms with E-state index in [-0.39, 0.29) is 0 Å². The van der Waals surface area contributed by atoms with Gasteiger partial charge in [0.1, 0.15) is 0 Å². The number of hydrogen-bond acceptors (Lipinski definition) is 1. The number of anilines is 1. The lowest BCUT2D eigenvalue weighted by Gasteiger charge is -2.09. The number of benzene rings is 1. The summed E-state index contributed by atoms with van der Waals surface area (Å²) in [6.07, 6.45) is 0. The highest BCUT2D eigenvalue weighted by Crippen LogP contribution is 2.24. The van der Waals surface area contributed by atoms with Crippen LogP contribution in [-0.2, 0) is 0 Å². The minimum atomic E-state index is 0.933. The average molecular weight is 261 g/mol. The van der Waals surface area contributed by atoms with E-state index in [9.17, 15) is 0 Å². The lowest BCUT2D eigenvalue weighted by atomic mass is 10.0. The molecule has 11 heavy (non-hydrogen) atoms. The molecule has 0 atom stereocenters. The van der Waals surface area contributed by atoms with Crippen LogP contribution < -0.4 is 5.73 Å². The Hall–Kier alpha value is -0.250. The van der Waals surface area contributed by atoms with Crippen LogP contribution in [0.25, 0.3) is 0 Å². The summed E-state index contributed by atoms with van der Waals surface area (Å²) in [7, 11) is 0. The van der Waals surface area contributed by atoms with E-state index >= 15 is 0 Å². The zero-order chi connectivity index (χ0) is 8.59. The largest absolute Gasteiger partial charge is 0.398 e. The number of aryl methyl sites for hydroxylation is 1. The van der Waals surface area contributed by atoms with Crippen LogP contribution in [-0.4, -0.2) is 0 Å². The van der Waals surface area contributed by atoms with Crippen LogP contribution in [0.3, 0.4) is 0 Å². The Morgan fingerprint density at radius 1 is 1.18 bits per heavy atom. The fourth-order valence-corrected chi connectivity index (χ4v) is 1.92. The molecule has 0 spiro atoms. The third-order valence-corrected chi connectivity index (χ3v) is 3.21. The summed E-state index contributed by atoms with van der Waals surface area (Å²) in [4.78, 5) is 0. The number of nitrogen functional groups attached to an aromatic ring is 1. The highest BCUT2D eigenvalue weighted by atomic mass is 127. The number of rotatable bonds is 0. The number of hydrogen-bond donors (Lipinski definition) is 1. The van der Waals surface area contributed by atoms with Crippen molar-refractivity contribution in [1.82, 2.24) is 0 Å². The minimum Gasteiger partial charge on any atom is -0.398 e. The quantitative estimate of drug-likeness (QED) is 0.564. The van der Waals surface area contributed by atoms with E-state index in [2.05, 4.69) is 42.5 Å². The van der Waals surface area contributed by atoms with Gasteiger partial charge >= 0.3 is 0 Å². The van der Waals surface area contributed by atoms with E-state index in [0.29, 0.717) is 0 Å². The predicted octanol–water partition coefficient (Wildman–Crippen LogP) is 2.80. The molecule has 0 aliphatic heterocycles. The van der Waals surface area contributed by atoms with Crippen LogP contribution in [0.2, 0.25) is 0 Å². The second-order valence-corrected chi connectivity index (χ2v) is 4.00. The van der Waals surface area contributed by atoms with Crippen LogP contribution in [0.15, 0.2) is 6.07 Å². The molecule has 0 aromatic heterocycles. The first-order valence-corrected chi connectivity index (χ1v) is 4.63. The van der Waals surface area contributed by atoms with Gasteiger partial charge < -0.3 is 5.73 Å². The number of halogens is 1. The Morgan fingerprint density at radius 3 is 2.27 bits per heavy atom. The zero-order valence-corrected chi connectivity index (χ0v) is 9.19. The van der Waals surface area contributed by atoms with Gasteiger partial charge in [-0.25, -0.2) is 0 Å². The van der Waals surface area contributed by atoms with Crippen molar-refractivity contribution in [2.45, 2.75) is 20.8 Å². The molecule has 0 unspecified atom stereocenters. The van der Waals surface area contributed by atoms with Gasteiger partial charge in [0.05, 0.1) is 0 Å². The Kier molecular flexibility index (Phi) is 2.42. The van der Waals surface area contributed by atoms with E-state index in [0.717, 1.165) is 5.69 Å². The molecular weight excluding hydrogens is 249 g/mol. The van der Waals surface area contributed by atoms with Gasteiger partial charge in [-0.2, -0.15) is 0 Å². The Bertz CT molecular complexity index is 266. The molecule has 1 aromatic rings. The summed E-state index contributed by atoms with van der Waals surface area (Å²) in [5.41, 5.74) is 10.5. The van der Waals surface area contributed by atoms with Crippen LogP contribution in [0.4, 0.5) is 5.69 Å². The van der Waals surface area contributed by atoms with Gasteiger partial charge in [-0.15, -0.1) is 0 Å². The standard InChI is InChI=1S/C9H12IN/c1-5-4-8(10)6(2)7(3)9(5)11/h4H,11H2,1-3H3. The molecule has 0 bridgehead atoms. The SMILES string of the molecule is Cc1cc(I)c(C)c(C)c1N. The van der Waals surface area contributed by atoms with Crippen molar-refractivity contribution in [3.8, 4) is 0 Å². The lowest BCUT2D eigenvalue weighted by molar-refractivity contribution is 1.28. The third-order valence-electron chi connectivity index (χ3n) is 2.09. The van der Waals surface area contributed by atoms with Crippen LogP contribution in [0.5, 0.6) is 0 Å². The summed E-state index contributed by atoms with van der Waals surface area (Å²) in [5, 5.41) is 0. The smallest absolute Gasteiger partial charge is 0.0376 e. The zero-order valence-electron chi connectivity index (χ0n) is 7.03. The summed E-state index contributed by atoms with van der Waals surface area (Å²) >= 11 is 2.34. The Morgan fingerprint density at radius 2 is 1.73 bits per heavy atom. The van der Waals surface area contributed by atoms with Crippen molar-refractivity contribution in [2.24, 2.45) is 0 Å². The lowest BCUT2D eigenvalue weighted by Crippen LogP contribution is -1.97. The first-order chi connectivity index (χ1) is 5.04. The molecule has 1 aromatic carbocycles. The van der Waals surface area contributed by atoms with Gasteiger partial charge in [-0.1, -0.05) is 0 Å². The van der Waals surface area contributed by atoms with Crippen LogP contribution in [0, 0.1) is 24.3 Å². The molecule has 60 valence electrons. The van der Waals surface area contributed by atoms with Gasteiger partial charge in [-0.3, -0.25) is 0 Å². The van der Waals surface area contributed by atoms with Gasteiger partial charge in [0.2, 0.25) is 0 Å². The summed E-state index contributed by atoms with van der Waals surface area (Å²) < 4.78 is 1.30. The van der Waals surface area contributed by atoms with Crippen molar-refractivity contribution in [3.63, 3.8) is 0 Å². The summed E-state index contributed by atoms with van der Waals surface area (Å²) in [6, 6.07) is 2.12. The third kappa shape index (κ3) is 1.50. The topological polar surface area (TPSA) is 26.0 Å².